The van der Waals surface area contributed by atoms with Crippen LogP contribution >= 0.6 is 11.8 Å². The van der Waals surface area contributed by atoms with Gasteiger partial charge in [0, 0.05) is 16.9 Å². The molecule has 118 valence electrons. The molecule has 0 unspecified atom stereocenters. The van der Waals surface area contributed by atoms with Gasteiger partial charge in [-0.15, -0.1) is 13.2 Å². The molecule has 0 saturated heterocycles. The van der Waals surface area contributed by atoms with Crippen molar-refractivity contribution >= 4 is 17.7 Å². The van der Waals surface area contributed by atoms with E-state index in [4.69, 9.17) is 0 Å². The zero-order valence-corrected chi connectivity index (χ0v) is 12.8. The highest BCUT2D eigenvalue weighted by molar-refractivity contribution is 8.04. The van der Waals surface area contributed by atoms with Crippen molar-refractivity contribution in [3.8, 4) is 5.75 Å². The number of carbonyl (C=O) groups is 1. The summed E-state index contributed by atoms with van der Waals surface area (Å²) in [4.78, 5) is 13.3. The van der Waals surface area contributed by atoms with Gasteiger partial charge in [-0.3, -0.25) is 4.79 Å². The van der Waals surface area contributed by atoms with Crippen molar-refractivity contribution in [1.82, 2.24) is 5.32 Å². The minimum atomic E-state index is -4.72. The number of thioether (sulfide) groups is 1. The number of amides is 1. The van der Waals surface area contributed by atoms with Crippen LogP contribution in [0.25, 0.3) is 0 Å². The molecule has 22 heavy (non-hydrogen) atoms. The molecule has 0 bridgehead atoms. The van der Waals surface area contributed by atoms with Crippen LogP contribution in [0.2, 0.25) is 0 Å². The quantitative estimate of drug-likeness (QED) is 0.855. The van der Waals surface area contributed by atoms with Crippen LogP contribution in [0.5, 0.6) is 5.75 Å². The topological polar surface area (TPSA) is 38.3 Å². The van der Waals surface area contributed by atoms with Crippen LogP contribution in [0.15, 0.2) is 33.6 Å². The van der Waals surface area contributed by atoms with Gasteiger partial charge in [-0.05, 0) is 29.7 Å². The van der Waals surface area contributed by atoms with Crippen LogP contribution in [-0.4, -0.2) is 18.8 Å². The Bertz CT molecular complexity index is 680. The fraction of sp³-hybridized carbons (Fsp3) is 0.400. The van der Waals surface area contributed by atoms with Crippen molar-refractivity contribution in [3.63, 3.8) is 0 Å². The molecule has 1 amide bonds. The lowest BCUT2D eigenvalue weighted by Gasteiger charge is -2.37. The molecule has 0 saturated carbocycles. The number of halogens is 3. The molecule has 0 aromatic heterocycles. The molecule has 0 aliphatic carbocycles. The van der Waals surface area contributed by atoms with E-state index >= 15 is 0 Å². The Kier molecular flexibility index (Phi) is 3.43. The number of benzene rings is 1. The summed E-state index contributed by atoms with van der Waals surface area (Å²) in [7, 11) is 0. The molecule has 0 fully saturated rings. The summed E-state index contributed by atoms with van der Waals surface area (Å²) in [6, 6.07) is 4.29. The summed E-state index contributed by atoms with van der Waals surface area (Å²) in [5, 5.41) is 2.83. The first-order valence-corrected chi connectivity index (χ1v) is 7.56. The first-order chi connectivity index (χ1) is 10.2. The highest BCUT2D eigenvalue weighted by Gasteiger charge is 2.38. The van der Waals surface area contributed by atoms with Crippen LogP contribution in [0.3, 0.4) is 0 Å². The maximum Gasteiger partial charge on any atom is 0.573 e. The third kappa shape index (κ3) is 2.82. The molecule has 2 aliphatic heterocycles. The first-order valence-electron chi connectivity index (χ1n) is 6.74. The average molecular weight is 329 g/mol. The molecule has 0 spiro atoms. The van der Waals surface area contributed by atoms with E-state index in [1.165, 1.54) is 23.9 Å². The molecule has 2 aliphatic rings. The van der Waals surface area contributed by atoms with Gasteiger partial charge in [0.05, 0.1) is 4.91 Å². The smallest absolute Gasteiger partial charge is 0.406 e. The second-order valence-electron chi connectivity index (χ2n) is 5.97. The summed E-state index contributed by atoms with van der Waals surface area (Å²) in [5.41, 5.74) is 1.80. The molecule has 1 aromatic rings. The monoisotopic (exact) mass is 329 g/mol. The Balaban J connectivity index is 1.95. The minimum Gasteiger partial charge on any atom is -0.406 e. The summed E-state index contributed by atoms with van der Waals surface area (Å²) in [6.45, 7) is 4.67. The second-order valence-corrected chi connectivity index (χ2v) is 7.02. The number of rotatable bonds is 1. The van der Waals surface area contributed by atoms with Crippen molar-refractivity contribution < 1.29 is 22.7 Å². The molecule has 0 radical (unpaired) electrons. The van der Waals surface area contributed by atoms with E-state index < -0.39 is 6.36 Å². The minimum absolute atomic E-state index is 0.158. The van der Waals surface area contributed by atoms with Crippen LogP contribution in [-0.2, 0) is 11.2 Å². The maximum absolute atomic E-state index is 12.3. The third-order valence-corrected chi connectivity index (χ3v) is 5.08. The lowest BCUT2D eigenvalue weighted by atomic mass is 9.78. The number of hydrogen-bond donors (Lipinski definition) is 1. The largest absolute Gasteiger partial charge is 0.573 e. The molecule has 1 aromatic carbocycles. The summed E-state index contributed by atoms with van der Waals surface area (Å²) >= 11 is 1.21. The van der Waals surface area contributed by atoms with Crippen LogP contribution in [0, 0.1) is 5.41 Å². The maximum atomic E-state index is 12.3. The predicted molar refractivity (Wildman–Crippen MR) is 76.5 cm³/mol. The summed E-state index contributed by atoms with van der Waals surface area (Å²) in [6.07, 6.45) is -4.15. The predicted octanol–water partition coefficient (Wildman–Crippen LogP) is 3.64. The van der Waals surface area contributed by atoms with E-state index in [0.717, 1.165) is 11.1 Å². The van der Waals surface area contributed by atoms with Gasteiger partial charge < -0.3 is 10.1 Å². The van der Waals surface area contributed by atoms with Crippen LogP contribution in [0.1, 0.15) is 19.4 Å². The van der Waals surface area contributed by atoms with Gasteiger partial charge in [-0.2, -0.15) is 0 Å². The summed E-state index contributed by atoms with van der Waals surface area (Å²) in [5.74, 6) is -0.426. The number of alkyl halides is 3. The van der Waals surface area contributed by atoms with Crippen LogP contribution < -0.4 is 10.1 Å². The van der Waals surface area contributed by atoms with Gasteiger partial charge in [-0.1, -0.05) is 31.7 Å². The van der Waals surface area contributed by atoms with Crippen molar-refractivity contribution in [1.29, 1.82) is 0 Å². The number of hydrogen-bond acceptors (Lipinski definition) is 3. The van der Waals surface area contributed by atoms with Crippen LogP contribution in [0.4, 0.5) is 13.2 Å². The Labute approximate surface area is 129 Å². The van der Waals surface area contributed by atoms with Gasteiger partial charge in [0.25, 0.3) is 5.91 Å². The molecule has 1 N–H and O–H groups in total. The highest BCUT2D eigenvalue weighted by Crippen LogP contribution is 2.47. The van der Waals surface area contributed by atoms with E-state index in [9.17, 15) is 18.0 Å². The molecule has 3 rings (SSSR count). The van der Waals surface area contributed by atoms with Crippen molar-refractivity contribution in [2.75, 3.05) is 6.54 Å². The Morgan fingerprint density at radius 2 is 2.05 bits per heavy atom. The Morgan fingerprint density at radius 3 is 2.73 bits per heavy atom. The van der Waals surface area contributed by atoms with Crippen molar-refractivity contribution in [2.24, 2.45) is 5.41 Å². The lowest BCUT2D eigenvalue weighted by Crippen LogP contribution is -2.43. The van der Waals surface area contributed by atoms with Gasteiger partial charge in [0.1, 0.15) is 5.75 Å². The average Bonchev–Trinajstić information content (AvgIpc) is 2.40. The first kappa shape index (κ1) is 15.3. The molecule has 0 atom stereocenters. The molecule has 2 heterocycles. The van der Waals surface area contributed by atoms with E-state index in [-0.39, 0.29) is 17.1 Å². The zero-order valence-electron chi connectivity index (χ0n) is 12.0. The second kappa shape index (κ2) is 4.94. The zero-order chi connectivity index (χ0) is 16.1. The highest BCUT2D eigenvalue weighted by atomic mass is 32.2. The molecular weight excluding hydrogens is 315 g/mol. The normalized spacial score (nSPS) is 20.1. The third-order valence-electron chi connectivity index (χ3n) is 3.84. The number of nitrogens with one attached hydrogen (secondary N) is 1. The standard InChI is InChI=1S/C15H14F3NO2S/c1-14(2)7-19-13(20)12-10(14)5-8-3-4-9(6-11(8)22-12)21-15(16,17)18/h3-4,6H,5,7H2,1-2H3,(H,19,20). The number of fused-ring (bicyclic) bond motifs is 1. The summed E-state index contributed by atoms with van der Waals surface area (Å²) < 4.78 is 40.9. The van der Waals surface area contributed by atoms with E-state index in [0.29, 0.717) is 22.8 Å². The van der Waals surface area contributed by atoms with Crippen molar-refractivity contribution in [3.05, 3.63) is 34.2 Å². The van der Waals surface area contributed by atoms with Gasteiger partial charge in [0.15, 0.2) is 0 Å². The van der Waals surface area contributed by atoms with Gasteiger partial charge in [-0.25, -0.2) is 0 Å². The fourth-order valence-corrected chi connectivity index (χ4v) is 3.94. The lowest BCUT2D eigenvalue weighted by molar-refractivity contribution is -0.274. The Morgan fingerprint density at radius 1 is 1.32 bits per heavy atom. The number of carbonyl (C=O) groups excluding carboxylic acids is 1. The van der Waals surface area contributed by atoms with E-state index in [1.807, 2.05) is 0 Å². The number of ether oxygens (including phenoxy) is 1. The van der Waals surface area contributed by atoms with E-state index in [1.54, 1.807) is 6.07 Å². The molecule has 7 heteroatoms. The van der Waals surface area contributed by atoms with Crippen molar-refractivity contribution in [2.45, 2.75) is 31.5 Å². The molecular formula is C15H14F3NO2S. The molecule has 3 nitrogen and oxygen atoms in total. The Hall–Kier alpha value is -1.63. The van der Waals surface area contributed by atoms with Gasteiger partial charge >= 0.3 is 6.36 Å². The SMILES string of the molecule is CC1(C)CNC(=O)C2=C1Cc1ccc(OC(F)(F)F)cc1S2. The fourth-order valence-electron chi connectivity index (χ4n) is 2.63. The van der Waals surface area contributed by atoms with E-state index in [2.05, 4.69) is 23.9 Å². The van der Waals surface area contributed by atoms with Gasteiger partial charge in [0.2, 0.25) is 0 Å².